The van der Waals surface area contributed by atoms with Crippen LogP contribution in [0.3, 0.4) is 0 Å². The molecule has 94 valence electrons. The molecule has 6 nitrogen and oxygen atoms in total. The topological polar surface area (TPSA) is 73.8 Å². The number of non-ortho nitro benzene ring substituents is 1. The van der Waals surface area contributed by atoms with Crippen LogP contribution in [-0.2, 0) is 6.54 Å². The van der Waals surface area contributed by atoms with E-state index in [0.717, 1.165) is 13.0 Å². The van der Waals surface area contributed by atoms with Gasteiger partial charge in [-0.1, -0.05) is 18.5 Å². The molecule has 0 aliphatic rings. The lowest BCUT2D eigenvalue weighted by molar-refractivity contribution is -0.384. The molecular weight excluding hydrogens is 256 g/mol. The Morgan fingerprint density at radius 3 is 2.89 bits per heavy atom. The molecule has 0 aliphatic carbocycles. The molecule has 0 saturated carbocycles. The summed E-state index contributed by atoms with van der Waals surface area (Å²) in [7, 11) is 0. The summed E-state index contributed by atoms with van der Waals surface area (Å²) in [5.74, 6) is 0.586. The Balaban J connectivity index is 2.49. The summed E-state index contributed by atoms with van der Waals surface area (Å²) in [6.45, 7) is 2.78. The minimum atomic E-state index is -0.476. The van der Waals surface area contributed by atoms with Crippen LogP contribution in [0.2, 0.25) is 5.02 Å². The average molecular weight is 267 g/mol. The van der Waals surface area contributed by atoms with E-state index in [9.17, 15) is 10.1 Å². The summed E-state index contributed by atoms with van der Waals surface area (Å²) in [6, 6.07) is 4.40. The second-order valence-corrected chi connectivity index (χ2v) is 4.24. The molecule has 1 aromatic carbocycles. The lowest BCUT2D eigenvalue weighted by atomic mass is 10.2. The van der Waals surface area contributed by atoms with Gasteiger partial charge in [0, 0.05) is 29.3 Å². The molecule has 1 heterocycles. The number of nitro groups is 1. The summed E-state index contributed by atoms with van der Waals surface area (Å²) in [6.07, 6.45) is 2.53. The van der Waals surface area contributed by atoms with E-state index in [-0.39, 0.29) is 5.69 Å². The molecule has 0 N–H and O–H groups in total. The minimum absolute atomic E-state index is 0.0523. The van der Waals surface area contributed by atoms with Crippen LogP contribution < -0.4 is 0 Å². The fraction of sp³-hybridized carbons (Fsp3) is 0.273. The summed E-state index contributed by atoms with van der Waals surface area (Å²) in [4.78, 5) is 10.3. The van der Waals surface area contributed by atoms with E-state index in [1.54, 1.807) is 12.4 Å². The SMILES string of the molecule is CCCn1cnnc1-c1cc(Cl)cc([N+](=O)[O-])c1. The zero-order chi connectivity index (χ0) is 13.1. The van der Waals surface area contributed by atoms with Gasteiger partial charge >= 0.3 is 0 Å². The van der Waals surface area contributed by atoms with Crippen LogP contribution in [-0.4, -0.2) is 19.7 Å². The standard InChI is InChI=1S/C11H11ClN4O2/c1-2-3-15-7-13-14-11(15)8-4-9(12)6-10(5-8)16(17)18/h4-7H,2-3H2,1H3. The van der Waals surface area contributed by atoms with Crippen molar-refractivity contribution in [2.24, 2.45) is 0 Å². The molecule has 0 bridgehead atoms. The van der Waals surface area contributed by atoms with Crippen LogP contribution in [0.15, 0.2) is 24.5 Å². The van der Waals surface area contributed by atoms with Crippen molar-refractivity contribution in [2.45, 2.75) is 19.9 Å². The number of halogens is 1. The molecule has 0 amide bonds. The van der Waals surface area contributed by atoms with Crippen molar-refractivity contribution in [3.05, 3.63) is 39.7 Å². The van der Waals surface area contributed by atoms with Crippen molar-refractivity contribution in [3.63, 3.8) is 0 Å². The summed E-state index contributed by atoms with van der Waals surface area (Å²) < 4.78 is 1.84. The van der Waals surface area contributed by atoms with Gasteiger partial charge in [0.2, 0.25) is 0 Å². The molecule has 7 heteroatoms. The number of aromatic nitrogens is 3. The Bertz CT molecular complexity index is 582. The Labute approximate surface area is 108 Å². The maximum atomic E-state index is 10.8. The number of nitro benzene ring substituents is 1. The smallest absolute Gasteiger partial charge is 0.271 e. The van der Waals surface area contributed by atoms with Gasteiger partial charge in [0.05, 0.1) is 4.92 Å². The van der Waals surface area contributed by atoms with Crippen LogP contribution in [0.4, 0.5) is 5.69 Å². The molecule has 18 heavy (non-hydrogen) atoms. The molecule has 0 fully saturated rings. The first-order valence-corrected chi connectivity index (χ1v) is 5.82. The maximum Gasteiger partial charge on any atom is 0.271 e. The molecule has 0 spiro atoms. The first kappa shape index (κ1) is 12.5. The highest BCUT2D eigenvalue weighted by molar-refractivity contribution is 6.31. The van der Waals surface area contributed by atoms with Crippen molar-refractivity contribution < 1.29 is 4.92 Å². The number of nitrogens with zero attached hydrogens (tertiary/aromatic N) is 4. The monoisotopic (exact) mass is 266 g/mol. The first-order chi connectivity index (χ1) is 8.61. The van der Waals surface area contributed by atoms with E-state index >= 15 is 0 Å². The normalized spacial score (nSPS) is 10.6. The van der Waals surface area contributed by atoms with E-state index in [0.29, 0.717) is 16.4 Å². The number of hydrogen-bond donors (Lipinski definition) is 0. The van der Waals surface area contributed by atoms with Gasteiger partial charge in [-0.05, 0) is 12.5 Å². The summed E-state index contributed by atoms with van der Waals surface area (Å²) in [5.41, 5.74) is 0.545. The molecular formula is C11H11ClN4O2. The predicted octanol–water partition coefficient (Wildman–Crippen LogP) is 2.92. The second-order valence-electron chi connectivity index (χ2n) is 3.80. The number of hydrogen-bond acceptors (Lipinski definition) is 4. The van der Waals surface area contributed by atoms with Gasteiger partial charge in [0.25, 0.3) is 5.69 Å². The molecule has 2 rings (SSSR count). The van der Waals surface area contributed by atoms with Gasteiger partial charge in [-0.25, -0.2) is 0 Å². The van der Waals surface area contributed by atoms with Crippen LogP contribution in [0, 0.1) is 10.1 Å². The highest BCUT2D eigenvalue weighted by Gasteiger charge is 2.13. The van der Waals surface area contributed by atoms with E-state index < -0.39 is 4.92 Å². The van der Waals surface area contributed by atoms with E-state index in [1.165, 1.54) is 12.1 Å². The number of benzene rings is 1. The summed E-state index contributed by atoms with van der Waals surface area (Å²) in [5, 5.41) is 18.9. The molecule has 2 aromatic rings. The summed E-state index contributed by atoms with van der Waals surface area (Å²) >= 11 is 5.88. The molecule has 0 saturated heterocycles. The van der Waals surface area contributed by atoms with Crippen molar-refractivity contribution in [3.8, 4) is 11.4 Å². The maximum absolute atomic E-state index is 10.8. The Morgan fingerprint density at radius 1 is 1.44 bits per heavy atom. The molecule has 0 unspecified atom stereocenters. The lowest BCUT2D eigenvalue weighted by Gasteiger charge is -2.05. The van der Waals surface area contributed by atoms with Gasteiger partial charge < -0.3 is 4.57 Å². The highest BCUT2D eigenvalue weighted by atomic mass is 35.5. The van der Waals surface area contributed by atoms with Crippen LogP contribution >= 0.6 is 11.6 Å². The van der Waals surface area contributed by atoms with E-state index in [4.69, 9.17) is 11.6 Å². The quantitative estimate of drug-likeness (QED) is 0.630. The van der Waals surface area contributed by atoms with Gasteiger partial charge in [-0.2, -0.15) is 0 Å². The first-order valence-electron chi connectivity index (χ1n) is 5.45. The minimum Gasteiger partial charge on any atom is -0.314 e. The van der Waals surface area contributed by atoms with E-state index in [1.807, 2.05) is 11.5 Å². The number of rotatable bonds is 4. The highest BCUT2D eigenvalue weighted by Crippen LogP contribution is 2.27. The fourth-order valence-electron chi connectivity index (χ4n) is 1.69. The number of aryl methyl sites for hydroxylation is 1. The van der Waals surface area contributed by atoms with Gasteiger partial charge in [0.15, 0.2) is 5.82 Å². The Morgan fingerprint density at radius 2 is 2.22 bits per heavy atom. The molecule has 0 aliphatic heterocycles. The van der Waals surface area contributed by atoms with E-state index in [2.05, 4.69) is 10.2 Å². The Hall–Kier alpha value is -1.95. The largest absolute Gasteiger partial charge is 0.314 e. The van der Waals surface area contributed by atoms with Crippen molar-refractivity contribution in [1.82, 2.24) is 14.8 Å². The second kappa shape index (κ2) is 5.14. The van der Waals surface area contributed by atoms with Gasteiger partial charge in [-0.3, -0.25) is 10.1 Å². The third-order valence-corrected chi connectivity index (χ3v) is 2.65. The van der Waals surface area contributed by atoms with Crippen molar-refractivity contribution in [1.29, 1.82) is 0 Å². The van der Waals surface area contributed by atoms with Gasteiger partial charge in [-0.15, -0.1) is 10.2 Å². The Kier molecular flexibility index (Phi) is 3.57. The van der Waals surface area contributed by atoms with Crippen molar-refractivity contribution >= 4 is 17.3 Å². The van der Waals surface area contributed by atoms with Crippen LogP contribution in [0.25, 0.3) is 11.4 Å². The predicted molar refractivity (Wildman–Crippen MR) is 67.4 cm³/mol. The molecule has 0 radical (unpaired) electrons. The third kappa shape index (κ3) is 2.48. The average Bonchev–Trinajstić information content (AvgIpc) is 2.77. The lowest BCUT2D eigenvalue weighted by Crippen LogP contribution is -1.99. The zero-order valence-electron chi connectivity index (χ0n) is 9.71. The van der Waals surface area contributed by atoms with Gasteiger partial charge in [0.1, 0.15) is 6.33 Å². The third-order valence-electron chi connectivity index (χ3n) is 2.43. The zero-order valence-corrected chi connectivity index (χ0v) is 10.5. The molecule has 0 atom stereocenters. The molecule has 1 aromatic heterocycles. The fourth-order valence-corrected chi connectivity index (χ4v) is 1.92. The van der Waals surface area contributed by atoms with Crippen LogP contribution in [0.1, 0.15) is 13.3 Å². The van der Waals surface area contributed by atoms with Crippen LogP contribution in [0.5, 0.6) is 0 Å². The van der Waals surface area contributed by atoms with Crippen molar-refractivity contribution in [2.75, 3.05) is 0 Å².